The molecule has 2 fully saturated rings. The minimum atomic E-state index is -1.09. The first kappa shape index (κ1) is 83.4. The molecule has 0 spiro atoms. The Morgan fingerprint density at radius 2 is 1.11 bits per heavy atom. The summed E-state index contributed by atoms with van der Waals surface area (Å²) in [5, 5.41) is 22.5. The number of anilines is 4. The van der Waals surface area contributed by atoms with Gasteiger partial charge in [-0.25, -0.2) is 9.59 Å². The zero-order chi connectivity index (χ0) is 79.3. The van der Waals surface area contributed by atoms with Crippen LogP contribution >= 0.6 is 0 Å². The van der Waals surface area contributed by atoms with Crippen LogP contribution < -0.4 is 58.9 Å². The van der Waals surface area contributed by atoms with Gasteiger partial charge in [0.05, 0.1) is 82.5 Å². The molecule has 8 atom stereocenters. The predicted molar refractivity (Wildman–Crippen MR) is 421 cm³/mol. The molecule has 26 heteroatoms. The van der Waals surface area contributed by atoms with Gasteiger partial charge in [-0.15, -0.1) is 0 Å². The molecule has 1 aliphatic heterocycles. The van der Waals surface area contributed by atoms with E-state index in [0.29, 0.717) is 68.4 Å². The number of hydrogen-bond acceptors (Lipinski definition) is 16. The Hall–Kier alpha value is -10.0. The SMILES string of the molecule is CC(C)[C@H](NC(=O)CCOCCOCCOCCOCCNC(=O)CCC(=O)N1Cc2ccccc2C#Cc2ccccc21)C(=O)N[C@@H](CCCNC(N)=O)C(=O)Nc1ccc(COC(=O)Nc2ccc3c(c2)[C@@]2(C)CCC[C@](C)(C(=O)NC(=O)[C@@]4(C)CCC[C@]5(C)c6cc(NC(=O)CN)ccc6CC[C@@H]45)[C@@H]2CC3)cc1. The van der Waals surface area contributed by atoms with E-state index in [0.717, 1.165) is 90.4 Å². The van der Waals surface area contributed by atoms with Gasteiger partial charge < -0.3 is 72.0 Å². The highest BCUT2D eigenvalue weighted by Crippen LogP contribution is 2.60. The van der Waals surface area contributed by atoms with Crippen molar-refractivity contribution in [1.29, 1.82) is 0 Å². The highest BCUT2D eigenvalue weighted by Gasteiger charge is 2.59. The van der Waals surface area contributed by atoms with Gasteiger partial charge in [-0.3, -0.25) is 49.0 Å². The fraction of sp³-hybridized carbons (Fsp3) is 0.506. The Kier molecular flexibility index (Phi) is 29.1. The molecule has 0 radical (unpaired) electrons. The number of nitrogens with zero attached hydrogens (tertiary/aromatic N) is 1. The van der Waals surface area contributed by atoms with Crippen molar-refractivity contribution in [1.82, 2.24) is 26.6 Å². The van der Waals surface area contributed by atoms with Gasteiger partial charge in [0.2, 0.25) is 47.3 Å². The van der Waals surface area contributed by atoms with Crippen LogP contribution in [0.4, 0.5) is 32.3 Å². The van der Waals surface area contributed by atoms with E-state index in [1.165, 1.54) is 5.56 Å². The number of primary amides is 1. The zero-order valence-corrected chi connectivity index (χ0v) is 64.8. The van der Waals surface area contributed by atoms with E-state index in [9.17, 15) is 47.9 Å². The minimum absolute atomic E-state index is 0.0284. The highest BCUT2D eigenvalue weighted by molar-refractivity contribution is 6.02. The summed E-state index contributed by atoms with van der Waals surface area (Å²) in [6.07, 6.45) is 7.39. The van der Waals surface area contributed by atoms with E-state index in [4.69, 9.17) is 35.2 Å². The summed E-state index contributed by atoms with van der Waals surface area (Å²) in [7, 11) is 0. The molecule has 5 aromatic rings. The number of imide groups is 1. The summed E-state index contributed by atoms with van der Waals surface area (Å²) in [6, 6.07) is 30.9. The van der Waals surface area contributed by atoms with Gasteiger partial charge >= 0.3 is 12.1 Å². The van der Waals surface area contributed by atoms with E-state index in [-0.39, 0.29) is 137 Å². The number of benzene rings is 5. The highest BCUT2D eigenvalue weighted by atomic mass is 16.6. The molecular formula is C85H109N11O15. The topological polar surface area (TPSA) is 368 Å². The molecule has 5 aromatic carbocycles. The molecule has 2 saturated carbocycles. The summed E-state index contributed by atoms with van der Waals surface area (Å²) in [6.45, 7) is 14.5. The fourth-order valence-corrected chi connectivity index (χ4v) is 17.1. The summed E-state index contributed by atoms with van der Waals surface area (Å²) in [5.41, 5.74) is 18.5. The fourth-order valence-electron chi connectivity index (χ4n) is 17.1. The van der Waals surface area contributed by atoms with Crippen molar-refractivity contribution in [3.05, 3.63) is 154 Å². The number of fused-ring (bicyclic) bond motifs is 8. The van der Waals surface area contributed by atoms with Crippen molar-refractivity contribution < 1.29 is 71.6 Å². The average molecular weight is 1520 g/mol. The Morgan fingerprint density at radius 3 is 1.71 bits per heavy atom. The number of hydrogen-bond donors (Lipinski definition) is 10. The van der Waals surface area contributed by atoms with Crippen molar-refractivity contribution in [3.8, 4) is 11.8 Å². The van der Waals surface area contributed by atoms with Crippen LogP contribution in [-0.2, 0) is 98.9 Å². The Morgan fingerprint density at radius 1 is 0.550 bits per heavy atom. The van der Waals surface area contributed by atoms with Crippen LogP contribution in [0.15, 0.2) is 109 Å². The van der Waals surface area contributed by atoms with Gasteiger partial charge in [-0.2, -0.15) is 0 Å². The molecule has 4 aliphatic carbocycles. The maximum absolute atomic E-state index is 14.9. The average Bonchev–Trinajstić information content (AvgIpc) is 0.724. The molecule has 26 nitrogen and oxygen atoms in total. The van der Waals surface area contributed by atoms with Crippen molar-refractivity contribution in [2.75, 3.05) is 93.3 Å². The van der Waals surface area contributed by atoms with E-state index >= 15 is 0 Å². The van der Waals surface area contributed by atoms with E-state index in [1.54, 1.807) is 43.0 Å². The number of rotatable bonds is 35. The lowest BCUT2D eigenvalue weighted by Gasteiger charge is -2.56. The van der Waals surface area contributed by atoms with E-state index in [2.05, 4.69) is 74.3 Å². The number of carbonyl (C=O) groups excluding carboxylic acids is 10. The summed E-state index contributed by atoms with van der Waals surface area (Å²) >= 11 is 0. The zero-order valence-electron chi connectivity index (χ0n) is 64.8. The Balaban J connectivity index is 0.608. The number of carbonyl (C=O) groups is 10. The second-order valence-electron chi connectivity index (χ2n) is 31.0. The maximum Gasteiger partial charge on any atom is 0.411 e. The summed E-state index contributed by atoms with van der Waals surface area (Å²) in [4.78, 5) is 136. The van der Waals surface area contributed by atoms with Crippen LogP contribution in [0.1, 0.15) is 170 Å². The van der Waals surface area contributed by atoms with Gasteiger partial charge in [-0.1, -0.05) is 121 Å². The predicted octanol–water partition coefficient (Wildman–Crippen LogP) is 9.01. The van der Waals surface area contributed by atoms with Gasteiger partial charge in [0.25, 0.3) is 0 Å². The number of para-hydroxylation sites is 1. The van der Waals surface area contributed by atoms with Crippen LogP contribution in [0.2, 0.25) is 0 Å². The van der Waals surface area contributed by atoms with Crippen molar-refractivity contribution in [2.24, 2.45) is 40.1 Å². The molecule has 5 aliphatic rings. The van der Waals surface area contributed by atoms with E-state index < -0.39 is 58.2 Å². The second kappa shape index (κ2) is 38.7. The summed E-state index contributed by atoms with van der Waals surface area (Å²) in [5.74, 6) is 3.15. The van der Waals surface area contributed by atoms with Crippen molar-refractivity contribution in [2.45, 2.75) is 174 Å². The van der Waals surface area contributed by atoms with Gasteiger partial charge in [0, 0.05) is 60.5 Å². The molecule has 11 amide bonds. The normalized spacial score (nSPS) is 21.1. The van der Waals surface area contributed by atoms with E-state index in [1.807, 2.05) is 92.7 Å². The molecule has 10 rings (SSSR count). The monoisotopic (exact) mass is 1520 g/mol. The minimum Gasteiger partial charge on any atom is -0.444 e. The number of ether oxygens (including phenoxy) is 5. The van der Waals surface area contributed by atoms with Crippen LogP contribution in [0.5, 0.6) is 0 Å². The lowest BCUT2D eigenvalue weighted by atomic mass is 9.49. The number of nitrogens with one attached hydrogen (secondary N) is 8. The van der Waals surface area contributed by atoms with Gasteiger partial charge in [0.1, 0.15) is 18.7 Å². The van der Waals surface area contributed by atoms with Crippen LogP contribution in [0.3, 0.4) is 0 Å². The lowest BCUT2D eigenvalue weighted by Crippen LogP contribution is -2.60. The first-order valence-corrected chi connectivity index (χ1v) is 39.0. The second-order valence-corrected chi connectivity index (χ2v) is 31.0. The largest absolute Gasteiger partial charge is 0.444 e. The first-order valence-electron chi connectivity index (χ1n) is 39.0. The standard InChI is InChI=1S/C85H109N11O15/c1-55(2)75(94-72(98)35-42-107-44-46-109-48-49-110-47-45-108-43-41-88-71(97)33-34-74(100)96-53-61-16-8-7-14-57(61)21-22-60-15-9-10-18-68(60)96)77(102)93-67(17-11-40-89-80(87)105)76(101)91-62-27-19-56(20-28-62)54-111-81(106)92-64-30-24-59-26-32-70-83(4,66(59)51-64)37-13-39-85(70,6)79(104)95-78(103)84(5)38-12-36-82(3)65-50-63(90-73(99)52-86)29-23-58(65)25-31-69(82)84/h7-10,14-16,18-20,23-24,27-30,50-51,55,67,69-70,75H,11-13,17,25-26,31-49,52-54,86H2,1-6H3,(H,88,97)(H,90,99)(H,91,101)(H,92,106)(H,93,102)(H,94,98)(H3,87,89,105)(H,95,103,104)/t67-,69+,70+,75-,82+,83+,84-,85-/m0/s1. The van der Waals surface area contributed by atoms with Crippen molar-refractivity contribution in [3.63, 3.8) is 0 Å². The molecule has 1 heterocycles. The van der Waals surface area contributed by atoms with Crippen LogP contribution in [0.25, 0.3) is 0 Å². The molecule has 12 N–H and O–H groups in total. The Labute approximate surface area is 650 Å². The molecule has 0 bridgehead atoms. The third kappa shape index (κ3) is 21.4. The number of urea groups is 1. The molecule has 111 heavy (non-hydrogen) atoms. The molecule has 594 valence electrons. The van der Waals surface area contributed by atoms with Gasteiger partial charge in [-0.05, 0) is 181 Å². The first-order chi connectivity index (χ1) is 53.3. The smallest absolute Gasteiger partial charge is 0.411 e. The third-order valence-corrected chi connectivity index (χ3v) is 23.1. The third-order valence-electron chi connectivity index (χ3n) is 23.1. The maximum atomic E-state index is 14.9. The molecular weight excluding hydrogens is 1410 g/mol. The number of nitrogens with two attached hydrogens (primary N) is 2. The van der Waals surface area contributed by atoms with Crippen molar-refractivity contribution >= 4 is 82.1 Å². The lowest BCUT2D eigenvalue weighted by molar-refractivity contribution is -0.150. The van der Waals surface area contributed by atoms with Gasteiger partial charge in [0.15, 0.2) is 0 Å². The number of aryl methyl sites for hydroxylation is 2. The summed E-state index contributed by atoms with van der Waals surface area (Å²) < 4.78 is 28.1. The van der Waals surface area contributed by atoms with Crippen LogP contribution in [0, 0.1) is 40.4 Å². The number of amides is 11. The molecule has 0 unspecified atom stereocenters. The molecule has 0 saturated heterocycles. The molecule has 0 aromatic heterocycles. The van der Waals surface area contributed by atoms with Crippen LogP contribution in [-0.4, -0.2) is 144 Å². The Bertz CT molecular complexity index is 4250. The quantitative estimate of drug-likeness (QED) is 0.0103.